The monoisotopic (exact) mass is 916 g/mol. The van der Waals surface area contributed by atoms with E-state index in [0.717, 1.165) is 16.2 Å². The van der Waals surface area contributed by atoms with Crippen LogP contribution >= 0.6 is 23.2 Å². The molecule has 0 aliphatic heterocycles. The number of benzene rings is 4. The molecule has 6 aromatic rings. The van der Waals surface area contributed by atoms with Crippen LogP contribution in [0.25, 0.3) is 0 Å². The molecule has 2 aromatic heterocycles. The maximum absolute atomic E-state index is 14.4. The first kappa shape index (κ1) is 46.7. The molecule has 0 saturated heterocycles. The van der Waals surface area contributed by atoms with Crippen LogP contribution in [0.5, 0.6) is 11.5 Å². The smallest absolute Gasteiger partial charge is 0.354 e. The van der Waals surface area contributed by atoms with Gasteiger partial charge in [0.05, 0.1) is 31.1 Å². The van der Waals surface area contributed by atoms with E-state index in [0.29, 0.717) is 25.9 Å². The number of anilines is 4. The van der Waals surface area contributed by atoms with Crippen molar-refractivity contribution in [1.29, 1.82) is 0 Å². The summed E-state index contributed by atoms with van der Waals surface area (Å²) in [4.78, 5) is 59.3. The predicted octanol–water partition coefficient (Wildman–Crippen LogP) is 5.97. The molecule has 6 rings (SSSR count). The minimum atomic E-state index is -4.43. The summed E-state index contributed by atoms with van der Waals surface area (Å²) in [7, 11) is -4.43. The summed E-state index contributed by atoms with van der Waals surface area (Å²) in [5.41, 5.74) is -1.45. The van der Waals surface area contributed by atoms with Crippen LogP contribution in [0.2, 0.25) is 10.0 Å². The number of nitrogens with one attached hydrogen (secondary N) is 3. The van der Waals surface area contributed by atoms with E-state index in [1.165, 1.54) is 28.8 Å². The van der Waals surface area contributed by atoms with Gasteiger partial charge in [-0.25, -0.2) is 32.5 Å². The van der Waals surface area contributed by atoms with Crippen molar-refractivity contribution in [1.82, 2.24) is 28.7 Å². The number of ether oxygens (including phenoxy) is 2. The highest BCUT2D eigenvalue weighted by Gasteiger charge is 2.18. The van der Waals surface area contributed by atoms with Crippen LogP contribution < -0.4 is 42.9 Å². The second kappa shape index (κ2) is 20.5. The number of aromatic nitrogens is 6. The van der Waals surface area contributed by atoms with Gasteiger partial charge in [-0.2, -0.15) is 18.4 Å². The highest BCUT2D eigenvalue weighted by Crippen LogP contribution is 2.25. The Hall–Kier alpha value is -6.35. The van der Waals surface area contributed by atoms with Gasteiger partial charge in [0.2, 0.25) is 11.9 Å². The van der Waals surface area contributed by atoms with Crippen LogP contribution in [-0.4, -0.2) is 59.6 Å². The minimum absolute atomic E-state index is 0.0133. The van der Waals surface area contributed by atoms with Gasteiger partial charge < -0.3 is 20.1 Å². The Morgan fingerprint density at radius 2 is 1.15 bits per heavy atom. The van der Waals surface area contributed by atoms with Crippen molar-refractivity contribution in [2.75, 3.05) is 16.4 Å². The molecule has 62 heavy (non-hydrogen) atoms. The van der Waals surface area contributed by atoms with Crippen LogP contribution in [0.3, 0.4) is 0 Å². The lowest BCUT2D eigenvalue weighted by molar-refractivity contribution is 0.231. The molecule has 4 N–H and O–H groups in total. The fourth-order valence-corrected chi connectivity index (χ4v) is 6.17. The summed E-state index contributed by atoms with van der Waals surface area (Å²) in [5, 5.41) is 6.61. The lowest BCUT2D eigenvalue weighted by atomic mass is 10.2. The quantitative estimate of drug-likeness (QED) is 0.0874. The maximum Gasteiger partial charge on any atom is 0.354 e. The average molecular weight is 918 g/mol. The Morgan fingerprint density at radius 3 is 1.58 bits per heavy atom. The van der Waals surface area contributed by atoms with E-state index in [9.17, 15) is 36.4 Å². The summed E-state index contributed by atoms with van der Waals surface area (Å²) >= 11 is 11.8. The molecule has 0 unspecified atom stereocenters. The van der Waals surface area contributed by atoms with Gasteiger partial charge >= 0.3 is 22.8 Å². The zero-order chi connectivity index (χ0) is 45.3. The Balaban J connectivity index is 0.000000238. The van der Waals surface area contributed by atoms with Gasteiger partial charge in [0.25, 0.3) is 10.1 Å². The number of aromatic amines is 1. The standard InChI is InChI=1S/C21H22ClFN4O6S.C19H18ClFN4O3/c1-13(2)33-18-8-7-16(11-17(18)23)24-19-25-20(28)26(9-10-34(30,31)32)21(29)27(19)12-14-3-5-15(22)6-4-14;1-11(2)28-16-8-7-14(9-15(16)21)22-17-23-18(26)24-19(27)25(17)10-12-3-5-13(20)6-4-12/h3-8,11,13H,9-10,12H2,1-2H3,(H,24,25,28)(H,30,31,32);3-9,11H,10H2,1-2H3,(H2,22,23,24,26,27). The van der Waals surface area contributed by atoms with Crippen LogP contribution in [0.15, 0.2) is 104 Å². The van der Waals surface area contributed by atoms with Gasteiger partial charge in [0.15, 0.2) is 23.1 Å². The van der Waals surface area contributed by atoms with Crippen LogP contribution in [0, 0.1) is 11.6 Å². The fourth-order valence-electron chi connectivity index (χ4n) is 5.51. The van der Waals surface area contributed by atoms with Crippen molar-refractivity contribution in [3.8, 4) is 11.5 Å². The van der Waals surface area contributed by atoms with Crippen LogP contribution in [0.1, 0.15) is 38.8 Å². The first-order chi connectivity index (χ1) is 29.2. The molecule has 2 heterocycles. The molecule has 0 bridgehead atoms. The lowest BCUT2D eigenvalue weighted by Crippen LogP contribution is -2.43. The molecule has 0 aliphatic rings. The van der Waals surface area contributed by atoms with Gasteiger partial charge in [-0.1, -0.05) is 47.5 Å². The first-order valence-corrected chi connectivity index (χ1v) is 20.9. The summed E-state index contributed by atoms with van der Waals surface area (Å²) < 4.78 is 73.5. The van der Waals surface area contributed by atoms with Gasteiger partial charge in [-0.05, 0) is 87.4 Å². The number of hydrogen-bond acceptors (Lipinski definition) is 12. The fraction of sp³-hybridized carbons (Fsp3) is 0.250. The highest BCUT2D eigenvalue weighted by molar-refractivity contribution is 7.85. The number of H-pyrrole nitrogens is 1. The number of hydrogen-bond donors (Lipinski definition) is 4. The second-order valence-corrected chi connectivity index (χ2v) is 16.4. The van der Waals surface area contributed by atoms with Crippen molar-refractivity contribution in [3.63, 3.8) is 0 Å². The van der Waals surface area contributed by atoms with Crippen molar-refractivity contribution in [3.05, 3.63) is 160 Å². The molecule has 4 aromatic carbocycles. The molecular weight excluding hydrogens is 877 g/mol. The van der Waals surface area contributed by atoms with E-state index in [4.69, 9.17) is 37.2 Å². The number of rotatable bonds is 15. The van der Waals surface area contributed by atoms with Gasteiger partial charge in [0, 0.05) is 40.1 Å². The molecule has 0 spiro atoms. The molecule has 0 radical (unpaired) electrons. The van der Waals surface area contributed by atoms with Crippen LogP contribution in [0.4, 0.5) is 32.1 Å². The summed E-state index contributed by atoms with van der Waals surface area (Å²) in [6.07, 6.45) is -0.415. The van der Waals surface area contributed by atoms with Crippen molar-refractivity contribution in [2.45, 2.75) is 59.5 Å². The molecule has 0 atom stereocenters. The minimum Gasteiger partial charge on any atom is -0.488 e. The van der Waals surface area contributed by atoms with Gasteiger partial charge in [0.1, 0.15) is 0 Å². The summed E-state index contributed by atoms with van der Waals surface area (Å²) in [6, 6.07) is 21.7. The third-order valence-electron chi connectivity index (χ3n) is 8.25. The Labute approximate surface area is 362 Å². The number of halogens is 4. The van der Waals surface area contributed by atoms with E-state index in [-0.39, 0.29) is 54.4 Å². The summed E-state index contributed by atoms with van der Waals surface area (Å²) in [5.74, 6) is -2.14. The van der Waals surface area contributed by atoms with Crippen molar-refractivity contribution < 1.29 is 31.2 Å². The van der Waals surface area contributed by atoms with Gasteiger partial charge in [-0.15, -0.1) is 0 Å². The largest absolute Gasteiger partial charge is 0.488 e. The van der Waals surface area contributed by atoms with E-state index < -0.39 is 56.8 Å². The van der Waals surface area contributed by atoms with E-state index in [2.05, 4.69) is 25.6 Å². The molecule has 0 amide bonds. The zero-order valence-corrected chi connectivity index (χ0v) is 35.8. The topological polar surface area (TPSA) is 222 Å². The number of nitrogens with zero attached hydrogens (tertiary/aromatic N) is 5. The van der Waals surface area contributed by atoms with Gasteiger partial charge in [-0.3, -0.25) is 18.7 Å². The molecule has 0 fully saturated rings. The van der Waals surface area contributed by atoms with Crippen molar-refractivity contribution >= 4 is 56.6 Å². The van der Waals surface area contributed by atoms with E-state index in [1.54, 1.807) is 82.3 Å². The second-order valence-electron chi connectivity index (χ2n) is 13.9. The van der Waals surface area contributed by atoms with E-state index in [1.807, 2.05) is 0 Å². The molecule has 0 saturated carbocycles. The Kier molecular flexibility index (Phi) is 15.4. The summed E-state index contributed by atoms with van der Waals surface area (Å²) in [6.45, 7) is 6.57. The zero-order valence-electron chi connectivity index (χ0n) is 33.4. The average Bonchev–Trinajstić information content (AvgIpc) is 3.17. The maximum atomic E-state index is 14.4. The third kappa shape index (κ3) is 13.3. The Bertz CT molecular complexity index is 2890. The molecule has 17 nitrogen and oxygen atoms in total. The molecule has 22 heteroatoms. The normalized spacial score (nSPS) is 11.3. The first-order valence-electron chi connectivity index (χ1n) is 18.6. The Morgan fingerprint density at radius 1 is 0.694 bits per heavy atom. The lowest BCUT2D eigenvalue weighted by Gasteiger charge is -2.16. The molecular formula is C40H40Cl2F2N8O9S. The van der Waals surface area contributed by atoms with Crippen molar-refractivity contribution in [2.24, 2.45) is 0 Å². The SMILES string of the molecule is CC(C)Oc1ccc(Nc2nc(=O)[nH]c(=O)n2Cc2ccc(Cl)cc2)cc1F.CC(C)Oc1ccc(Nc2nc(=O)n(CCS(=O)(=O)O)c(=O)n2Cc2ccc(Cl)cc2)cc1F. The van der Waals surface area contributed by atoms with E-state index >= 15 is 0 Å². The molecule has 328 valence electrons. The highest BCUT2D eigenvalue weighted by atomic mass is 35.5. The third-order valence-corrected chi connectivity index (χ3v) is 9.46. The predicted molar refractivity (Wildman–Crippen MR) is 230 cm³/mol. The molecule has 0 aliphatic carbocycles. The van der Waals surface area contributed by atoms with Crippen LogP contribution in [-0.2, 0) is 29.8 Å².